The van der Waals surface area contributed by atoms with Crippen LogP contribution in [0.25, 0.3) is 0 Å². The maximum absolute atomic E-state index is 11.9. The molecule has 0 saturated carbocycles. The number of benzene rings is 2. The molecule has 2 rings (SSSR count). The van der Waals surface area contributed by atoms with E-state index in [9.17, 15) is 14.9 Å². The number of carbonyl (C=O) groups is 1. The summed E-state index contributed by atoms with van der Waals surface area (Å²) in [5, 5.41) is 13.4. The Morgan fingerprint density at radius 2 is 1.84 bits per heavy atom. The molecule has 0 saturated heterocycles. The minimum atomic E-state index is -0.568. The topological polar surface area (TPSA) is 72.2 Å². The summed E-state index contributed by atoms with van der Waals surface area (Å²) >= 11 is 3.98. The fourth-order valence-corrected chi connectivity index (χ4v) is 1.76. The lowest BCUT2D eigenvalue weighted by Crippen LogP contribution is -2.12. The van der Waals surface area contributed by atoms with E-state index in [1.54, 1.807) is 24.3 Å². The van der Waals surface area contributed by atoms with Crippen LogP contribution in [-0.2, 0) is 0 Å². The van der Waals surface area contributed by atoms with Crippen molar-refractivity contribution >= 4 is 29.9 Å². The lowest BCUT2D eigenvalue weighted by atomic mass is 10.2. The second-order valence-corrected chi connectivity index (χ2v) is 4.26. The van der Waals surface area contributed by atoms with Gasteiger partial charge < -0.3 is 5.32 Å². The summed E-state index contributed by atoms with van der Waals surface area (Å²) in [5.74, 6) is -0.400. The minimum Gasteiger partial charge on any atom is -0.322 e. The van der Waals surface area contributed by atoms with E-state index in [1.807, 2.05) is 6.07 Å². The van der Waals surface area contributed by atoms with Crippen LogP contribution in [0.15, 0.2) is 53.4 Å². The third-order valence-corrected chi connectivity index (χ3v) is 2.84. The molecule has 0 heterocycles. The molecule has 1 amide bonds. The summed E-state index contributed by atoms with van der Waals surface area (Å²) in [5.41, 5.74) is 0.655. The van der Waals surface area contributed by atoms with Crippen LogP contribution in [0.1, 0.15) is 10.4 Å². The van der Waals surface area contributed by atoms with Gasteiger partial charge in [0.2, 0.25) is 0 Å². The Balaban J connectivity index is 2.25. The summed E-state index contributed by atoms with van der Waals surface area (Å²) in [7, 11) is 0. The number of thiol groups is 1. The van der Waals surface area contributed by atoms with Gasteiger partial charge in [-0.2, -0.15) is 0 Å². The van der Waals surface area contributed by atoms with Gasteiger partial charge in [0, 0.05) is 17.3 Å². The molecule has 0 bridgehead atoms. The molecule has 0 aromatic heterocycles. The monoisotopic (exact) mass is 274 g/mol. The standard InChI is InChI=1S/C13H10N2O3S/c16-13(14-10-4-2-1-3-5-10)9-6-7-12(19)11(8-9)15(17)18/h1-8,19H,(H,14,16). The van der Waals surface area contributed by atoms with Gasteiger partial charge in [0.1, 0.15) is 0 Å². The van der Waals surface area contributed by atoms with E-state index in [-0.39, 0.29) is 16.1 Å². The molecular formula is C13H10N2O3S. The average molecular weight is 274 g/mol. The molecule has 0 atom stereocenters. The summed E-state index contributed by atoms with van der Waals surface area (Å²) in [4.78, 5) is 22.4. The molecule has 0 spiro atoms. The Morgan fingerprint density at radius 1 is 1.16 bits per heavy atom. The first-order valence-electron chi connectivity index (χ1n) is 5.42. The van der Waals surface area contributed by atoms with Gasteiger partial charge in [0.05, 0.1) is 9.82 Å². The van der Waals surface area contributed by atoms with Crippen molar-refractivity contribution in [3.05, 3.63) is 64.2 Å². The van der Waals surface area contributed by atoms with Gasteiger partial charge in [0.25, 0.3) is 11.6 Å². The highest BCUT2D eigenvalue weighted by Gasteiger charge is 2.15. The Kier molecular flexibility index (Phi) is 3.82. The molecule has 0 aliphatic carbocycles. The number of amides is 1. The molecular weight excluding hydrogens is 264 g/mol. The number of carbonyl (C=O) groups excluding carboxylic acids is 1. The molecule has 96 valence electrons. The van der Waals surface area contributed by atoms with Gasteiger partial charge in [-0.3, -0.25) is 14.9 Å². The fraction of sp³-hybridized carbons (Fsp3) is 0. The van der Waals surface area contributed by atoms with E-state index in [1.165, 1.54) is 18.2 Å². The zero-order valence-corrected chi connectivity index (χ0v) is 10.6. The first kappa shape index (κ1) is 13.1. The molecule has 2 aromatic carbocycles. The third-order valence-electron chi connectivity index (χ3n) is 2.47. The molecule has 0 aliphatic heterocycles. The second kappa shape index (κ2) is 5.53. The van der Waals surface area contributed by atoms with Crippen LogP contribution in [-0.4, -0.2) is 10.8 Å². The number of rotatable bonds is 3. The van der Waals surface area contributed by atoms with Crippen molar-refractivity contribution in [2.75, 3.05) is 5.32 Å². The largest absolute Gasteiger partial charge is 0.322 e. The van der Waals surface area contributed by atoms with E-state index in [2.05, 4.69) is 17.9 Å². The normalized spacial score (nSPS) is 9.95. The fourth-order valence-electron chi connectivity index (χ4n) is 1.54. The molecule has 0 unspecified atom stereocenters. The Bertz CT molecular complexity index is 629. The molecule has 6 heteroatoms. The smallest absolute Gasteiger partial charge is 0.283 e. The number of hydrogen-bond acceptors (Lipinski definition) is 4. The highest BCUT2D eigenvalue weighted by Crippen LogP contribution is 2.23. The van der Waals surface area contributed by atoms with Gasteiger partial charge >= 0.3 is 0 Å². The maximum Gasteiger partial charge on any atom is 0.283 e. The van der Waals surface area contributed by atoms with E-state index >= 15 is 0 Å². The number of nitrogens with zero attached hydrogens (tertiary/aromatic N) is 1. The van der Waals surface area contributed by atoms with Crippen LogP contribution in [0.3, 0.4) is 0 Å². The van der Waals surface area contributed by atoms with Crippen molar-refractivity contribution in [3.8, 4) is 0 Å². The van der Waals surface area contributed by atoms with Crippen LogP contribution in [0.5, 0.6) is 0 Å². The Labute approximate surface area is 114 Å². The summed E-state index contributed by atoms with van der Waals surface area (Å²) in [6, 6.07) is 13.0. The number of nitrogens with one attached hydrogen (secondary N) is 1. The highest BCUT2D eigenvalue weighted by atomic mass is 32.1. The molecule has 2 aromatic rings. The highest BCUT2D eigenvalue weighted by molar-refractivity contribution is 7.80. The van der Waals surface area contributed by atoms with Crippen LogP contribution >= 0.6 is 12.6 Å². The van der Waals surface area contributed by atoms with E-state index in [0.717, 1.165) is 0 Å². The first-order chi connectivity index (χ1) is 9.08. The van der Waals surface area contributed by atoms with Gasteiger partial charge in [-0.1, -0.05) is 18.2 Å². The van der Waals surface area contributed by atoms with Crippen molar-refractivity contribution in [2.45, 2.75) is 4.90 Å². The zero-order chi connectivity index (χ0) is 13.8. The number of anilines is 1. The zero-order valence-electron chi connectivity index (χ0n) is 9.74. The molecule has 0 fully saturated rings. The van der Waals surface area contributed by atoms with Gasteiger partial charge in [-0.15, -0.1) is 12.6 Å². The third kappa shape index (κ3) is 3.11. The summed E-state index contributed by atoms with van der Waals surface area (Å²) in [6.07, 6.45) is 0. The predicted molar refractivity (Wildman–Crippen MR) is 74.7 cm³/mol. The minimum absolute atomic E-state index is 0.191. The number of nitro groups is 1. The van der Waals surface area contributed by atoms with Crippen molar-refractivity contribution < 1.29 is 9.72 Å². The van der Waals surface area contributed by atoms with Crippen LogP contribution in [0.2, 0.25) is 0 Å². The van der Waals surface area contributed by atoms with Gasteiger partial charge in [0.15, 0.2) is 0 Å². The molecule has 19 heavy (non-hydrogen) atoms. The van der Waals surface area contributed by atoms with E-state index in [4.69, 9.17) is 0 Å². The average Bonchev–Trinajstić information content (AvgIpc) is 2.40. The van der Waals surface area contributed by atoms with Crippen LogP contribution in [0.4, 0.5) is 11.4 Å². The molecule has 5 nitrogen and oxygen atoms in total. The van der Waals surface area contributed by atoms with Crippen molar-refractivity contribution in [1.29, 1.82) is 0 Å². The number of hydrogen-bond donors (Lipinski definition) is 2. The molecule has 1 N–H and O–H groups in total. The van der Waals surface area contributed by atoms with Crippen molar-refractivity contribution in [1.82, 2.24) is 0 Å². The van der Waals surface area contributed by atoms with Crippen molar-refractivity contribution in [2.24, 2.45) is 0 Å². The Morgan fingerprint density at radius 3 is 2.47 bits per heavy atom. The van der Waals surface area contributed by atoms with Crippen LogP contribution in [0, 0.1) is 10.1 Å². The second-order valence-electron chi connectivity index (χ2n) is 3.78. The number of para-hydroxylation sites is 1. The summed E-state index contributed by atoms with van der Waals surface area (Å²) < 4.78 is 0. The molecule has 0 aliphatic rings. The van der Waals surface area contributed by atoms with Crippen LogP contribution < -0.4 is 5.32 Å². The van der Waals surface area contributed by atoms with Gasteiger partial charge in [-0.05, 0) is 24.3 Å². The van der Waals surface area contributed by atoms with E-state index in [0.29, 0.717) is 5.69 Å². The van der Waals surface area contributed by atoms with Crippen molar-refractivity contribution in [3.63, 3.8) is 0 Å². The number of nitro benzene ring substituents is 1. The SMILES string of the molecule is O=C(Nc1ccccc1)c1ccc(S)c([N+](=O)[O-])c1. The van der Waals surface area contributed by atoms with Gasteiger partial charge in [-0.25, -0.2) is 0 Å². The molecule has 0 radical (unpaired) electrons. The quantitative estimate of drug-likeness (QED) is 0.513. The Hall–Kier alpha value is -2.34. The lowest BCUT2D eigenvalue weighted by molar-refractivity contribution is -0.387. The van der Waals surface area contributed by atoms with E-state index < -0.39 is 10.8 Å². The maximum atomic E-state index is 11.9. The predicted octanol–water partition coefficient (Wildman–Crippen LogP) is 3.14. The summed E-state index contributed by atoms with van der Waals surface area (Å²) in [6.45, 7) is 0. The first-order valence-corrected chi connectivity index (χ1v) is 5.86. The lowest BCUT2D eigenvalue weighted by Gasteiger charge is -2.05.